The van der Waals surface area contributed by atoms with Gasteiger partial charge in [-0.25, -0.2) is 4.68 Å². The normalized spacial score (nSPS) is 20.2. The van der Waals surface area contributed by atoms with E-state index < -0.39 is 5.60 Å². The van der Waals surface area contributed by atoms with Gasteiger partial charge in [-0.2, -0.15) is 0 Å². The minimum atomic E-state index is -0.952. The lowest BCUT2D eigenvalue weighted by molar-refractivity contribution is -0.130. The van der Waals surface area contributed by atoms with Crippen LogP contribution in [-0.2, 0) is 17.8 Å². The van der Waals surface area contributed by atoms with Gasteiger partial charge >= 0.3 is 0 Å². The molecule has 0 saturated carbocycles. The second-order valence-electron chi connectivity index (χ2n) is 6.88. The molecule has 0 radical (unpaired) electrons. The molecule has 3 rings (SSSR count). The van der Waals surface area contributed by atoms with Gasteiger partial charge in [0.25, 0.3) is 0 Å². The molecule has 1 fully saturated rings. The zero-order valence-corrected chi connectivity index (χ0v) is 14.6. The van der Waals surface area contributed by atoms with E-state index in [9.17, 15) is 9.90 Å². The van der Waals surface area contributed by atoms with Gasteiger partial charge in [-0.05, 0) is 38.0 Å². The highest BCUT2D eigenvalue weighted by atomic mass is 16.5. The topological polar surface area (TPSA) is 80.5 Å². The molecule has 134 valence electrons. The number of likely N-dealkylation sites (tertiary alicyclic amines) is 1. The van der Waals surface area contributed by atoms with Crippen molar-refractivity contribution in [2.75, 3.05) is 13.1 Å². The number of aliphatic hydroxyl groups is 1. The standard InChI is InChI=1S/C18H24N4O3/c1-14(2)25-16-5-3-4-15(10-16)11-17(23)21-8-6-18(24,12-21)13-22-9-7-19-20-22/h3-5,7,9-10,14,24H,6,8,11-13H2,1-2H3. The molecule has 1 atom stereocenters. The number of benzene rings is 1. The van der Waals surface area contributed by atoms with Crippen molar-refractivity contribution < 1.29 is 14.6 Å². The molecule has 1 saturated heterocycles. The van der Waals surface area contributed by atoms with Crippen LogP contribution < -0.4 is 4.74 Å². The maximum Gasteiger partial charge on any atom is 0.227 e. The predicted molar refractivity (Wildman–Crippen MR) is 92.1 cm³/mol. The lowest BCUT2D eigenvalue weighted by Crippen LogP contribution is -2.40. The Labute approximate surface area is 147 Å². The fourth-order valence-electron chi connectivity index (χ4n) is 3.10. The van der Waals surface area contributed by atoms with Crippen LogP contribution in [0.4, 0.5) is 0 Å². The summed E-state index contributed by atoms with van der Waals surface area (Å²) in [4.78, 5) is 14.3. The van der Waals surface area contributed by atoms with Crippen LogP contribution in [0.2, 0.25) is 0 Å². The van der Waals surface area contributed by atoms with Crippen LogP contribution in [0.3, 0.4) is 0 Å². The summed E-state index contributed by atoms with van der Waals surface area (Å²) >= 11 is 0. The number of β-amino-alcohol motifs (C(OH)–C–C–N with tert-alkyl or cyclic N) is 1. The first-order valence-corrected chi connectivity index (χ1v) is 8.53. The van der Waals surface area contributed by atoms with Crippen LogP contribution in [0.15, 0.2) is 36.7 Å². The first-order valence-electron chi connectivity index (χ1n) is 8.53. The summed E-state index contributed by atoms with van der Waals surface area (Å²) in [6.07, 6.45) is 4.22. The Morgan fingerprint density at radius 1 is 1.44 bits per heavy atom. The average Bonchev–Trinajstić information content (AvgIpc) is 3.17. The number of amides is 1. The van der Waals surface area contributed by atoms with E-state index in [1.807, 2.05) is 38.1 Å². The molecule has 1 unspecified atom stereocenters. The lowest BCUT2D eigenvalue weighted by Gasteiger charge is -2.23. The van der Waals surface area contributed by atoms with Gasteiger partial charge < -0.3 is 14.7 Å². The highest BCUT2D eigenvalue weighted by Crippen LogP contribution is 2.24. The number of nitrogens with zero attached hydrogens (tertiary/aromatic N) is 4. The second-order valence-corrected chi connectivity index (χ2v) is 6.88. The number of ether oxygens (including phenoxy) is 1. The van der Waals surface area contributed by atoms with E-state index in [4.69, 9.17) is 4.74 Å². The van der Waals surface area contributed by atoms with Gasteiger partial charge in [0.2, 0.25) is 5.91 Å². The Morgan fingerprint density at radius 3 is 3.00 bits per heavy atom. The van der Waals surface area contributed by atoms with E-state index in [0.717, 1.165) is 11.3 Å². The van der Waals surface area contributed by atoms with Crippen LogP contribution >= 0.6 is 0 Å². The number of hydrogen-bond acceptors (Lipinski definition) is 5. The maximum absolute atomic E-state index is 12.6. The Kier molecular flexibility index (Phi) is 5.03. The van der Waals surface area contributed by atoms with Crippen molar-refractivity contribution in [1.82, 2.24) is 19.9 Å². The number of aromatic nitrogens is 3. The summed E-state index contributed by atoms with van der Waals surface area (Å²) in [5.74, 6) is 0.778. The average molecular weight is 344 g/mol. The molecule has 1 aromatic heterocycles. The van der Waals surface area contributed by atoms with Gasteiger partial charge in [0.15, 0.2) is 0 Å². The second kappa shape index (κ2) is 7.23. The minimum absolute atomic E-state index is 0.0104. The molecule has 25 heavy (non-hydrogen) atoms. The van der Waals surface area contributed by atoms with Crippen molar-refractivity contribution in [2.24, 2.45) is 0 Å². The van der Waals surface area contributed by atoms with Crippen LogP contribution in [0.1, 0.15) is 25.8 Å². The van der Waals surface area contributed by atoms with Gasteiger partial charge in [-0.15, -0.1) is 5.10 Å². The third-order valence-corrected chi connectivity index (χ3v) is 4.24. The zero-order valence-electron chi connectivity index (χ0n) is 14.6. The Bertz CT molecular complexity index is 717. The number of carbonyl (C=O) groups excluding carboxylic acids is 1. The summed E-state index contributed by atoms with van der Waals surface area (Å²) < 4.78 is 7.27. The molecule has 1 N–H and O–H groups in total. The quantitative estimate of drug-likeness (QED) is 0.854. The van der Waals surface area contributed by atoms with E-state index in [-0.39, 0.29) is 12.0 Å². The molecule has 1 aliphatic rings. The van der Waals surface area contributed by atoms with Crippen molar-refractivity contribution in [3.63, 3.8) is 0 Å². The molecule has 1 aromatic carbocycles. The number of rotatable bonds is 6. The lowest BCUT2D eigenvalue weighted by atomic mass is 10.0. The molecule has 0 aliphatic carbocycles. The maximum atomic E-state index is 12.6. The fraction of sp³-hybridized carbons (Fsp3) is 0.500. The first kappa shape index (κ1) is 17.4. The van der Waals surface area contributed by atoms with E-state index >= 15 is 0 Å². The smallest absolute Gasteiger partial charge is 0.227 e. The van der Waals surface area contributed by atoms with Crippen molar-refractivity contribution in [3.05, 3.63) is 42.2 Å². The highest BCUT2D eigenvalue weighted by Gasteiger charge is 2.38. The molecule has 1 aliphatic heterocycles. The molecule has 2 aromatic rings. The van der Waals surface area contributed by atoms with Gasteiger partial charge in [-0.3, -0.25) is 4.79 Å². The van der Waals surface area contributed by atoms with Crippen molar-refractivity contribution in [2.45, 2.75) is 44.9 Å². The molecule has 1 amide bonds. The van der Waals surface area contributed by atoms with Crippen LogP contribution in [0.5, 0.6) is 5.75 Å². The molecule has 0 bridgehead atoms. The van der Waals surface area contributed by atoms with Gasteiger partial charge in [0.1, 0.15) is 11.4 Å². The van der Waals surface area contributed by atoms with Crippen LogP contribution in [0.25, 0.3) is 0 Å². The first-order chi connectivity index (χ1) is 11.9. The van der Waals surface area contributed by atoms with Gasteiger partial charge in [0.05, 0.1) is 31.8 Å². The molecule has 2 heterocycles. The van der Waals surface area contributed by atoms with E-state index in [2.05, 4.69) is 10.3 Å². The van der Waals surface area contributed by atoms with Crippen molar-refractivity contribution in [3.8, 4) is 5.75 Å². The summed E-state index contributed by atoms with van der Waals surface area (Å²) in [5.41, 5.74) is -0.0405. The third-order valence-electron chi connectivity index (χ3n) is 4.24. The molecule has 7 heteroatoms. The molecule has 0 spiro atoms. The van der Waals surface area contributed by atoms with Gasteiger partial charge in [-0.1, -0.05) is 17.3 Å². The zero-order chi connectivity index (χ0) is 17.9. The molecular formula is C18H24N4O3. The van der Waals surface area contributed by atoms with Crippen LogP contribution in [-0.4, -0.2) is 55.7 Å². The summed E-state index contributed by atoms with van der Waals surface area (Å²) in [6, 6.07) is 7.60. The van der Waals surface area contributed by atoms with E-state index in [0.29, 0.717) is 32.5 Å². The van der Waals surface area contributed by atoms with E-state index in [1.54, 1.807) is 22.0 Å². The Balaban J connectivity index is 1.59. The summed E-state index contributed by atoms with van der Waals surface area (Å²) in [5, 5.41) is 18.3. The summed E-state index contributed by atoms with van der Waals surface area (Å²) in [7, 11) is 0. The molecular weight excluding hydrogens is 320 g/mol. The minimum Gasteiger partial charge on any atom is -0.491 e. The summed E-state index contributed by atoms with van der Waals surface area (Å²) in [6.45, 7) is 5.14. The van der Waals surface area contributed by atoms with Crippen molar-refractivity contribution in [1.29, 1.82) is 0 Å². The third kappa shape index (κ3) is 4.57. The Hall–Kier alpha value is -2.41. The van der Waals surface area contributed by atoms with Crippen LogP contribution in [0, 0.1) is 0 Å². The predicted octanol–water partition coefficient (Wildman–Crippen LogP) is 1.27. The monoisotopic (exact) mass is 344 g/mol. The van der Waals surface area contributed by atoms with Crippen molar-refractivity contribution >= 4 is 5.91 Å². The fourth-order valence-corrected chi connectivity index (χ4v) is 3.10. The Morgan fingerprint density at radius 2 is 2.28 bits per heavy atom. The van der Waals surface area contributed by atoms with Gasteiger partial charge in [0, 0.05) is 12.7 Å². The number of carbonyl (C=O) groups is 1. The molecule has 7 nitrogen and oxygen atoms in total. The largest absolute Gasteiger partial charge is 0.491 e. The number of hydrogen-bond donors (Lipinski definition) is 1. The van der Waals surface area contributed by atoms with E-state index in [1.165, 1.54) is 0 Å². The SMILES string of the molecule is CC(C)Oc1cccc(CC(=O)N2CCC(O)(Cn3ccnn3)C2)c1. The highest BCUT2D eigenvalue weighted by molar-refractivity contribution is 5.79.